The van der Waals surface area contributed by atoms with E-state index in [-0.39, 0.29) is 24.7 Å². The quantitative estimate of drug-likeness (QED) is 0.821. The molecule has 0 saturated heterocycles. The number of rotatable bonds is 5. The maximum atomic E-state index is 13.9. The number of anilines is 1. The molecule has 1 aromatic heterocycles. The molecule has 0 atom stereocenters. The molecule has 2 rings (SSSR count). The molecule has 2 aromatic rings. The number of nitrogens with zero attached hydrogens (tertiary/aromatic N) is 2. The summed E-state index contributed by atoms with van der Waals surface area (Å²) in [5, 5.41) is 6.65. The van der Waals surface area contributed by atoms with E-state index < -0.39 is 23.5 Å². The summed E-state index contributed by atoms with van der Waals surface area (Å²) >= 11 is 0. The molecule has 0 saturated carbocycles. The van der Waals surface area contributed by atoms with Crippen molar-refractivity contribution in [2.45, 2.75) is 39.8 Å². The van der Waals surface area contributed by atoms with Crippen LogP contribution in [0.2, 0.25) is 0 Å². The van der Waals surface area contributed by atoms with Crippen LogP contribution in [-0.4, -0.2) is 34.1 Å². The van der Waals surface area contributed by atoms with Gasteiger partial charge < -0.3 is 9.47 Å². The Labute approximate surface area is 151 Å². The van der Waals surface area contributed by atoms with Crippen LogP contribution in [0.15, 0.2) is 30.3 Å². The molecule has 7 nitrogen and oxygen atoms in total. The number of halogens is 1. The summed E-state index contributed by atoms with van der Waals surface area (Å²) in [5.41, 5.74) is -0.322. The second-order valence-electron chi connectivity index (χ2n) is 6.51. The Bertz CT molecular complexity index is 796. The van der Waals surface area contributed by atoms with E-state index in [1.165, 1.54) is 16.8 Å². The summed E-state index contributed by atoms with van der Waals surface area (Å²) in [6.45, 7) is 7.08. The van der Waals surface area contributed by atoms with Crippen molar-refractivity contribution in [3.8, 4) is 0 Å². The van der Waals surface area contributed by atoms with Gasteiger partial charge in [-0.2, -0.15) is 5.10 Å². The lowest BCUT2D eigenvalue weighted by Crippen LogP contribution is -2.28. The van der Waals surface area contributed by atoms with Crippen molar-refractivity contribution >= 4 is 17.9 Å². The number of amides is 1. The molecule has 26 heavy (non-hydrogen) atoms. The average Bonchev–Trinajstić information content (AvgIpc) is 2.91. The van der Waals surface area contributed by atoms with E-state index in [1.54, 1.807) is 45.9 Å². The zero-order valence-electron chi connectivity index (χ0n) is 15.2. The first kappa shape index (κ1) is 19.4. The minimum atomic E-state index is -0.706. The lowest BCUT2D eigenvalue weighted by Gasteiger charge is -2.19. The summed E-state index contributed by atoms with van der Waals surface area (Å²) in [4.78, 5) is 24.0. The molecule has 1 amide bonds. The number of benzene rings is 1. The molecule has 8 heteroatoms. The molecule has 140 valence electrons. The normalized spacial score (nSPS) is 11.1. The van der Waals surface area contributed by atoms with Crippen molar-refractivity contribution in [3.05, 3.63) is 47.4 Å². The fraction of sp³-hybridized carbons (Fsp3) is 0.389. The number of hydrogen-bond donors (Lipinski definition) is 1. The highest BCUT2D eigenvalue weighted by Gasteiger charge is 2.21. The largest absolute Gasteiger partial charge is 0.461 e. The Morgan fingerprint density at radius 2 is 1.96 bits per heavy atom. The Balaban J connectivity index is 2.30. The highest BCUT2D eigenvalue weighted by atomic mass is 19.1. The summed E-state index contributed by atoms with van der Waals surface area (Å²) in [6, 6.07) is 7.55. The fourth-order valence-corrected chi connectivity index (χ4v) is 2.14. The molecule has 0 aliphatic rings. The zero-order valence-corrected chi connectivity index (χ0v) is 15.2. The van der Waals surface area contributed by atoms with E-state index in [0.717, 1.165) is 0 Å². The van der Waals surface area contributed by atoms with Crippen molar-refractivity contribution in [1.82, 2.24) is 9.78 Å². The van der Waals surface area contributed by atoms with Gasteiger partial charge in [0.05, 0.1) is 13.2 Å². The third kappa shape index (κ3) is 5.30. The maximum absolute atomic E-state index is 13.9. The minimum absolute atomic E-state index is 0.00856. The Hall–Kier alpha value is -2.90. The Morgan fingerprint density at radius 3 is 2.58 bits per heavy atom. The SMILES string of the molecule is CCOC(=O)c1cc(NC(=O)OC(C)(C)C)n(Cc2ccccc2F)n1. The van der Waals surface area contributed by atoms with Crippen LogP contribution in [0, 0.1) is 5.82 Å². The monoisotopic (exact) mass is 363 g/mol. The molecule has 0 fully saturated rings. The molecule has 0 spiro atoms. The molecular formula is C18H22FN3O4. The molecule has 0 unspecified atom stereocenters. The highest BCUT2D eigenvalue weighted by molar-refractivity contribution is 5.90. The summed E-state index contributed by atoms with van der Waals surface area (Å²) in [6.07, 6.45) is -0.706. The van der Waals surface area contributed by atoms with Crippen LogP contribution in [0.4, 0.5) is 15.0 Å². The number of hydrogen-bond acceptors (Lipinski definition) is 5. The number of esters is 1. The van der Waals surface area contributed by atoms with Crippen molar-refractivity contribution < 1.29 is 23.5 Å². The van der Waals surface area contributed by atoms with Gasteiger partial charge in [-0.25, -0.2) is 18.7 Å². The number of ether oxygens (including phenoxy) is 2. The van der Waals surface area contributed by atoms with E-state index in [4.69, 9.17) is 9.47 Å². The topological polar surface area (TPSA) is 82.5 Å². The average molecular weight is 363 g/mol. The molecule has 0 bridgehead atoms. The third-order valence-electron chi connectivity index (χ3n) is 3.17. The van der Waals surface area contributed by atoms with Gasteiger partial charge in [0, 0.05) is 11.6 Å². The van der Waals surface area contributed by atoms with Crippen molar-refractivity contribution in [3.63, 3.8) is 0 Å². The van der Waals surface area contributed by atoms with Crippen LogP contribution < -0.4 is 5.32 Å². The molecule has 1 N–H and O–H groups in total. The number of aromatic nitrogens is 2. The summed E-state index contributed by atoms with van der Waals surface area (Å²) in [5.74, 6) is -0.846. The van der Waals surface area contributed by atoms with E-state index in [0.29, 0.717) is 5.56 Å². The van der Waals surface area contributed by atoms with Gasteiger partial charge >= 0.3 is 12.1 Å². The zero-order chi connectivity index (χ0) is 19.3. The van der Waals surface area contributed by atoms with Crippen LogP contribution in [0.3, 0.4) is 0 Å². The van der Waals surface area contributed by atoms with Gasteiger partial charge in [-0.1, -0.05) is 18.2 Å². The lowest BCUT2D eigenvalue weighted by atomic mass is 10.2. The van der Waals surface area contributed by atoms with Crippen LogP contribution in [0.5, 0.6) is 0 Å². The summed E-state index contributed by atoms with van der Waals surface area (Å²) in [7, 11) is 0. The second-order valence-corrected chi connectivity index (χ2v) is 6.51. The molecule has 1 aromatic carbocycles. The van der Waals surface area contributed by atoms with E-state index in [1.807, 2.05) is 0 Å². The van der Waals surface area contributed by atoms with E-state index >= 15 is 0 Å². The van der Waals surface area contributed by atoms with Gasteiger partial charge in [-0.15, -0.1) is 0 Å². The highest BCUT2D eigenvalue weighted by Crippen LogP contribution is 2.17. The Morgan fingerprint density at radius 1 is 1.27 bits per heavy atom. The first-order valence-corrected chi connectivity index (χ1v) is 8.18. The number of carbonyl (C=O) groups is 2. The van der Waals surface area contributed by atoms with Gasteiger partial charge in [-0.3, -0.25) is 5.32 Å². The maximum Gasteiger partial charge on any atom is 0.413 e. The standard InChI is InChI=1S/C18H22FN3O4/c1-5-25-16(23)14-10-15(20-17(24)26-18(2,3)4)22(21-14)11-12-8-6-7-9-13(12)19/h6-10H,5,11H2,1-4H3,(H,20,24). The van der Waals surface area contributed by atoms with Crippen molar-refractivity contribution in [1.29, 1.82) is 0 Å². The molecule has 0 aliphatic carbocycles. The van der Waals surface area contributed by atoms with Crippen LogP contribution in [0.25, 0.3) is 0 Å². The molecule has 1 heterocycles. The Kier molecular flexibility index (Phi) is 5.97. The first-order valence-electron chi connectivity index (χ1n) is 8.18. The van der Waals surface area contributed by atoms with E-state index in [9.17, 15) is 14.0 Å². The van der Waals surface area contributed by atoms with Gasteiger partial charge in [-0.05, 0) is 33.8 Å². The third-order valence-corrected chi connectivity index (χ3v) is 3.17. The number of nitrogens with one attached hydrogen (secondary N) is 1. The minimum Gasteiger partial charge on any atom is -0.461 e. The molecule has 0 aliphatic heterocycles. The smallest absolute Gasteiger partial charge is 0.413 e. The molecule has 0 radical (unpaired) electrons. The first-order chi connectivity index (χ1) is 12.2. The number of carbonyl (C=O) groups excluding carboxylic acids is 2. The van der Waals surface area contributed by atoms with Crippen LogP contribution >= 0.6 is 0 Å². The van der Waals surface area contributed by atoms with Crippen LogP contribution in [0.1, 0.15) is 43.7 Å². The van der Waals surface area contributed by atoms with Gasteiger partial charge in [0.1, 0.15) is 17.2 Å². The van der Waals surface area contributed by atoms with Gasteiger partial charge in [0.25, 0.3) is 0 Å². The van der Waals surface area contributed by atoms with E-state index in [2.05, 4.69) is 10.4 Å². The summed E-state index contributed by atoms with van der Waals surface area (Å²) < 4.78 is 25.4. The van der Waals surface area contributed by atoms with Crippen molar-refractivity contribution in [2.24, 2.45) is 0 Å². The van der Waals surface area contributed by atoms with Gasteiger partial charge in [0.2, 0.25) is 0 Å². The molecular weight excluding hydrogens is 341 g/mol. The van der Waals surface area contributed by atoms with Gasteiger partial charge in [0.15, 0.2) is 5.69 Å². The fourth-order valence-electron chi connectivity index (χ4n) is 2.14. The second kappa shape index (κ2) is 7.99. The predicted molar refractivity (Wildman–Crippen MR) is 93.5 cm³/mol. The van der Waals surface area contributed by atoms with Crippen LogP contribution in [-0.2, 0) is 16.0 Å². The predicted octanol–water partition coefficient (Wildman–Crippen LogP) is 3.59. The van der Waals surface area contributed by atoms with Crippen molar-refractivity contribution in [2.75, 3.05) is 11.9 Å². The lowest BCUT2D eigenvalue weighted by molar-refractivity contribution is 0.0517.